The molecule has 2 aromatic carbocycles. The van der Waals surface area contributed by atoms with Gasteiger partial charge in [-0.2, -0.15) is 0 Å². The molecule has 5 aliphatic rings. The van der Waals surface area contributed by atoms with Crippen molar-refractivity contribution in [2.45, 2.75) is 76.7 Å². The van der Waals surface area contributed by atoms with Gasteiger partial charge < -0.3 is 19.1 Å². The second kappa shape index (κ2) is 13.8. The molecule has 3 aliphatic heterocycles. The number of ether oxygens (including phenoxy) is 3. The predicted molar refractivity (Wildman–Crippen MR) is 200 cm³/mol. The van der Waals surface area contributed by atoms with E-state index in [1.165, 1.54) is 34.7 Å². The summed E-state index contributed by atoms with van der Waals surface area (Å²) < 4.78 is 41.1. The molecule has 1 aromatic heterocycles. The van der Waals surface area contributed by atoms with E-state index in [1.807, 2.05) is 19.1 Å². The van der Waals surface area contributed by atoms with Gasteiger partial charge >= 0.3 is 5.97 Å². The Labute approximate surface area is 311 Å². The van der Waals surface area contributed by atoms with E-state index in [1.54, 1.807) is 13.1 Å². The number of aryl methyl sites for hydroxylation is 3. The monoisotopic (exact) mass is 743 g/mol. The van der Waals surface area contributed by atoms with Crippen molar-refractivity contribution in [3.05, 3.63) is 70.4 Å². The van der Waals surface area contributed by atoms with Crippen molar-refractivity contribution < 1.29 is 32.8 Å². The number of esters is 1. The van der Waals surface area contributed by atoms with Gasteiger partial charge in [-0.3, -0.25) is 23.8 Å². The van der Waals surface area contributed by atoms with Crippen LogP contribution in [0.2, 0.25) is 0 Å². The predicted octanol–water partition coefficient (Wildman–Crippen LogP) is 5.55. The number of methoxy groups -OCH3 is 1. The summed E-state index contributed by atoms with van der Waals surface area (Å²) in [6.45, 7) is 6.03. The molecule has 2 fully saturated rings. The lowest BCUT2D eigenvalue weighted by molar-refractivity contribution is -0.146. The molecule has 1 spiro atoms. The summed E-state index contributed by atoms with van der Waals surface area (Å²) >= 11 is 0. The van der Waals surface area contributed by atoms with Crippen molar-refractivity contribution in [3.8, 4) is 11.6 Å². The van der Waals surface area contributed by atoms with Crippen LogP contribution in [0.15, 0.2) is 47.0 Å². The van der Waals surface area contributed by atoms with Crippen LogP contribution < -0.4 is 19.1 Å². The van der Waals surface area contributed by atoms with Crippen molar-refractivity contribution in [2.75, 3.05) is 37.5 Å². The van der Waals surface area contributed by atoms with E-state index >= 15 is 0 Å². The highest BCUT2D eigenvalue weighted by atomic mass is 32.2. The Kier molecular flexibility index (Phi) is 9.27. The number of anilines is 1. The fraction of sp³-hybridized carbons (Fsp3) is 0.550. The van der Waals surface area contributed by atoms with Gasteiger partial charge in [0.25, 0.3) is 11.8 Å². The largest absolute Gasteiger partial charge is 0.490 e. The van der Waals surface area contributed by atoms with Gasteiger partial charge in [-0.1, -0.05) is 30.7 Å². The number of aromatic nitrogens is 2. The maximum atomic E-state index is 14.7. The Morgan fingerprint density at radius 3 is 2.72 bits per heavy atom. The third-order valence-electron chi connectivity index (χ3n) is 12.2. The lowest BCUT2D eigenvalue weighted by Gasteiger charge is -2.46. The topological polar surface area (TPSA) is 141 Å². The van der Waals surface area contributed by atoms with Crippen LogP contribution in [0, 0.1) is 30.6 Å². The van der Waals surface area contributed by atoms with Crippen LogP contribution in [0.4, 0.5) is 5.69 Å². The molecule has 1 saturated heterocycles. The number of fused-ring (bicyclic) bond motifs is 6. The minimum Gasteiger partial charge on any atom is -0.490 e. The zero-order valence-electron chi connectivity index (χ0n) is 31.0. The highest BCUT2D eigenvalue weighted by Gasteiger charge is 2.49. The van der Waals surface area contributed by atoms with Crippen molar-refractivity contribution in [2.24, 2.45) is 35.1 Å². The van der Waals surface area contributed by atoms with Gasteiger partial charge in [-0.05, 0) is 93.0 Å². The van der Waals surface area contributed by atoms with Crippen molar-refractivity contribution >= 4 is 33.4 Å². The average molecular weight is 744 g/mol. The normalized spacial score (nSPS) is 31.1. The molecule has 0 radical (unpaired) electrons. The molecule has 12 nitrogen and oxygen atoms in total. The summed E-state index contributed by atoms with van der Waals surface area (Å²) in [7, 11) is -0.576. The van der Waals surface area contributed by atoms with E-state index in [0.29, 0.717) is 44.1 Å². The Hall–Kier alpha value is -4.39. The van der Waals surface area contributed by atoms with Crippen molar-refractivity contribution in [3.63, 3.8) is 0 Å². The number of benzene rings is 2. The molecular weight excluding hydrogens is 695 g/mol. The molecule has 2 aliphatic carbocycles. The summed E-state index contributed by atoms with van der Waals surface area (Å²) in [5.74, 6) is -0.425. The fourth-order valence-corrected chi connectivity index (χ4v) is 11.4. The smallest absolute Gasteiger partial charge is 0.306 e. The first kappa shape index (κ1) is 35.6. The lowest BCUT2D eigenvalue weighted by atomic mass is 9.66. The number of hydrogen-bond acceptors (Lipinski definition) is 9. The maximum absolute atomic E-state index is 14.7. The van der Waals surface area contributed by atoms with Gasteiger partial charge in [0.05, 0.1) is 31.6 Å². The number of carbonyl (C=O) groups is 3. The van der Waals surface area contributed by atoms with Crippen LogP contribution in [0.1, 0.15) is 89.3 Å². The SMILES string of the molecule is COc1nn(C)cc1C(=O)NS1(=O)=NC(=O)c2ccc3c(c2)N(C[C@@H]2CC[C@H]2[C@H]2OC(=O)C[C@@H]2CC[C@H](C)C1)C[C@@]1(CCCc2cc(C)ccc21)CO3. The fourth-order valence-electron chi connectivity index (χ4n) is 9.50. The van der Waals surface area contributed by atoms with E-state index in [2.05, 4.69) is 44.2 Å². The van der Waals surface area contributed by atoms with Crippen LogP contribution >= 0.6 is 0 Å². The molecule has 3 aromatic rings. The van der Waals surface area contributed by atoms with Gasteiger partial charge in [0.1, 0.15) is 27.3 Å². The third kappa shape index (κ3) is 6.81. The summed E-state index contributed by atoms with van der Waals surface area (Å²) in [6, 6.07) is 12.1. The minimum atomic E-state index is -3.63. The number of amides is 2. The number of hydrogen-bond donors (Lipinski definition) is 1. The summed E-state index contributed by atoms with van der Waals surface area (Å²) in [5, 5.41) is 4.16. The Bertz CT molecular complexity index is 2090. The minimum absolute atomic E-state index is 0.0423. The number of nitrogens with zero attached hydrogens (tertiary/aromatic N) is 4. The van der Waals surface area contributed by atoms with Gasteiger partial charge in [0.15, 0.2) is 0 Å². The van der Waals surface area contributed by atoms with E-state index < -0.39 is 21.7 Å². The Balaban J connectivity index is 1.21. The first-order valence-electron chi connectivity index (χ1n) is 18.9. The average Bonchev–Trinajstić information content (AvgIpc) is 3.63. The molecule has 1 unspecified atom stereocenters. The first-order chi connectivity index (χ1) is 25.4. The molecule has 2 bridgehead atoms. The summed E-state index contributed by atoms with van der Waals surface area (Å²) in [4.78, 5) is 42.9. The molecule has 13 heteroatoms. The second-order valence-electron chi connectivity index (χ2n) is 16.1. The molecule has 282 valence electrons. The zero-order valence-corrected chi connectivity index (χ0v) is 31.8. The highest BCUT2D eigenvalue weighted by molar-refractivity contribution is 7.92. The van der Waals surface area contributed by atoms with Crippen LogP contribution in [-0.4, -0.2) is 70.4 Å². The van der Waals surface area contributed by atoms with E-state index in [4.69, 9.17) is 14.2 Å². The molecule has 4 heterocycles. The molecular formula is C40H49N5O7S. The molecule has 1 saturated carbocycles. The first-order valence-corrected chi connectivity index (χ1v) is 20.6. The summed E-state index contributed by atoms with van der Waals surface area (Å²) in [6.07, 6.45) is 8.10. The van der Waals surface area contributed by atoms with Crippen LogP contribution in [-0.2, 0) is 38.3 Å². The summed E-state index contributed by atoms with van der Waals surface area (Å²) in [5.41, 5.74) is 4.84. The molecule has 8 rings (SSSR count). The zero-order chi connectivity index (χ0) is 37.1. The van der Waals surface area contributed by atoms with Crippen molar-refractivity contribution in [1.82, 2.24) is 14.5 Å². The highest BCUT2D eigenvalue weighted by Crippen LogP contribution is 2.49. The van der Waals surface area contributed by atoms with Gasteiger partial charge in [-0.25, -0.2) is 4.21 Å². The van der Waals surface area contributed by atoms with E-state index in [0.717, 1.165) is 44.3 Å². The van der Waals surface area contributed by atoms with Crippen LogP contribution in [0.25, 0.3) is 0 Å². The van der Waals surface area contributed by atoms with E-state index in [-0.39, 0.29) is 58.0 Å². The number of nitrogens with one attached hydrogen (secondary N) is 1. The number of rotatable bonds is 3. The van der Waals surface area contributed by atoms with Gasteiger partial charge in [0.2, 0.25) is 5.88 Å². The molecule has 2 amide bonds. The van der Waals surface area contributed by atoms with Crippen molar-refractivity contribution in [1.29, 1.82) is 0 Å². The Morgan fingerprint density at radius 2 is 1.92 bits per heavy atom. The lowest BCUT2D eigenvalue weighted by Crippen LogP contribution is -2.50. The maximum Gasteiger partial charge on any atom is 0.306 e. The van der Waals surface area contributed by atoms with Crippen LogP contribution in [0.3, 0.4) is 0 Å². The Morgan fingerprint density at radius 1 is 1.09 bits per heavy atom. The number of carbonyl (C=O) groups excluding carboxylic acids is 3. The standard InChI is InChI=1S/C40H49N5O7S/c1-24-8-13-32-26(16-24)6-5-15-40(32)22-45-19-29-10-12-30(29)36-27(18-35(46)52-36)9-7-25(2)21-53(49,43-38(48)31-20-44(3)41-39(31)50-4)42-37(47)28-11-14-34(51-23-40)33(45)17-28/h8,11,13-14,16-17,20,25,27,29-30,36H,5-7,9-10,12,15,18-19,21-23H2,1-4H3,(H,42,43,47,48,49)/t25-,27-,29-,30+,36-,40-,53?/m0/s1. The molecule has 1 N–H and O–H groups in total. The molecule has 7 atom stereocenters. The van der Waals surface area contributed by atoms with Gasteiger partial charge in [0, 0.05) is 49.1 Å². The third-order valence-corrected chi connectivity index (χ3v) is 14.2. The second-order valence-corrected chi connectivity index (χ2v) is 18.1. The van der Waals surface area contributed by atoms with Gasteiger partial charge in [-0.15, -0.1) is 9.46 Å². The van der Waals surface area contributed by atoms with Crippen LogP contribution in [0.5, 0.6) is 11.6 Å². The molecule has 53 heavy (non-hydrogen) atoms. The van der Waals surface area contributed by atoms with E-state index in [9.17, 15) is 18.6 Å². The quantitative estimate of drug-likeness (QED) is 0.342.